The molecular formula is C20H27N3O2S. The average Bonchev–Trinajstić information content (AvgIpc) is 2.93. The van der Waals surface area contributed by atoms with Crippen molar-refractivity contribution in [2.24, 2.45) is 5.92 Å². The monoisotopic (exact) mass is 373 g/mol. The third kappa shape index (κ3) is 4.83. The van der Waals surface area contributed by atoms with Gasteiger partial charge in [0.15, 0.2) is 0 Å². The number of likely N-dealkylation sites (tertiary alicyclic amines) is 1. The molecule has 1 aliphatic rings. The summed E-state index contributed by atoms with van der Waals surface area (Å²) in [7, 11) is 0. The van der Waals surface area contributed by atoms with Crippen molar-refractivity contribution in [1.29, 1.82) is 0 Å². The maximum Gasteiger partial charge on any atom is 0.307 e. The number of hydrogen-bond acceptors (Lipinski definition) is 4. The quantitative estimate of drug-likeness (QED) is 0.847. The van der Waals surface area contributed by atoms with E-state index < -0.39 is 0 Å². The van der Waals surface area contributed by atoms with E-state index in [2.05, 4.69) is 35.3 Å². The average molecular weight is 374 g/mol. The van der Waals surface area contributed by atoms with E-state index in [1.807, 2.05) is 13.0 Å². The number of benzene rings is 1. The van der Waals surface area contributed by atoms with E-state index in [-0.39, 0.29) is 17.3 Å². The Balaban J connectivity index is 1.59. The molecule has 1 aromatic heterocycles. The van der Waals surface area contributed by atoms with Crippen LogP contribution in [0.1, 0.15) is 36.6 Å². The van der Waals surface area contributed by atoms with Gasteiger partial charge in [-0.1, -0.05) is 42.5 Å². The summed E-state index contributed by atoms with van der Waals surface area (Å²) in [5.74, 6) is 0.623. The number of aromatic nitrogens is 1. The highest BCUT2D eigenvalue weighted by atomic mass is 32.1. The maximum atomic E-state index is 12.3. The van der Waals surface area contributed by atoms with Crippen LogP contribution in [-0.4, -0.2) is 28.5 Å². The molecule has 1 saturated heterocycles. The fourth-order valence-electron chi connectivity index (χ4n) is 3.54. The predicted molar refractivity (Wildman–Crippen MR) is 105 cm³/mol. The summed E-state index contributed by atoms with van der Waals surface area (Å²) >= 11 is 1.13. The third-order valence-corrected chi connectivity index (χ3v) is 5.89. The Bertz CT molecular complexity index is 811. The molecule has 1 unspecified atom stereocenters. The van der Waals surface area contributed by atoms with E-state index in [1.54, 1.807) is 5.38 Å². The molecule has 1 aliphatic heterocycles. The fourth-order valence-corrected chi connectivity index (χ4v) is 4.28. The van der Waals surface area contributed by atoms with Crippen molar-refractivity contribution < 1.29 is 4.79 Å². The highest BCUT2D eigenvalue weighted by Gasteiger charge is 2.17. The lowest BCUT2D eigenvalue weighted by molar-refractivity contribution is -0.121. The van der Waals surface area contributed by atoms with E-state index >= 15 is 0 Å². The number of piperidine rings is 1. The van der Waals surface area contributed by atoms with E-state index in [0.29, 0.717) is 6.54 Å². The summed E-state index contributed by atoms with van der Waals surface area (Å²) in [6.45, 7) is 7.95. The molecule has 26 heavy (non-hydrogen) atoms. The fraction of sp³-hybridized carbons (Fsp3) is 0.500. The molecule has 0 saturated carbocycles. The standard InChI is InChI=1S/C20H27N3O2S/c1-15-6-5-9-22(11-15)12-18-8-4-3-7-17(18)10-21-19(24)13-23-16(2)14-26-20(23)25/h3-4,7-8,14-15H,5-6,9-13H2,1-2H3,(H,21,24). The van der Waals surface area contributed by atoms with Gasteiger partial charge in [-0.15, -0.1) is 0 Å². The molecule has 1 aromatic carbocycles. The molecule has 1 fully saturated rings. The van der Waals surface area contributed by atoms with Crippen LogP contribution in [0, 0.1) is 12.8 Å². The summed E-state index contributed by atoms with van der Waals surface area (Å²) in [6, 6.07) is 8.29. The number of hydrogen-bond donors (Lipinski definition) is 1. The minimum Gasteiger partial charge on any atom is -0.350 e. The molecule has 0 aliphatic carbocycles. The number of nitrogens with zero attached hydrogens (tertiary/aromatic N) is 2. The molecule has 3 rings (SSSR count). The van der Waals surface area contributed by atoms with Gasteiger partial charge in [-0.3, -0.25) is 19.1 Å². The van der Waals surface area contributed by atoms with Crippen molar-refractivity contribution in [2.45, 2.75) is 46.3 Å². The first-order valence-electron chi connectivity index (χ1n) is 9.23. The van der Waals surface area contributed by atoms with Crippen LogP contribution < -0.4 is 10.2 Å². The number of carbonyl (C=O) groups excluding carboxylic acids is 1. The minimum atomic E-state index is -0.130. The molecular weight excluding hydrogens is 346 g/mol. The Kier molecular flexibility index (Phi) is 6.27. The van der Waals surface area contributed by atoms with Gasteiger partial charge in [-0.05, 0) is 43.4 Å². The van der Waals surface area contributed by atoms with E-state index in [1.165, 1.54) is 23.0 Å². The molecule has 6 heteroatoms. The Morgan fingerprint density at radius 2 is 2.08 bits per heavy atom. The van der Waals surface area contributed by atoms with E-state index in [9.17, 15) is 9.59 Å². The molecule has 1 atom stereocenters. The number of amides is 1. The number of aryl methyl sites for hydroxylation is 1. The normalized spacial score (nSPS) is 18.0. The van der Waals surface area contributed by atoms with Crippen LogP contribution in [0.25, 0.3) is 0 Å². The number of nitrogens with one attached hydrogen (secondary N) is 1. The zero-order valence-electron chi connectivity index (χ0n) is 15.5. The van der Waals surface area contributed by atoms with E-state index in [4.69, 9.17) is 0 Å². The van der Waals surface area contributed by atoms with Crippen molar-refractivity contribution in [2.75, 3.05) is 13.1 Å². The summed E-state index contributed by atoms with van der Waals surface area (Å²) < 4.78 is 1.51. The molecule has 2 heterocycles. The molecule has 2 aromatic rings. The van der Waals surface area contributed by atoms with Crippen LogP contribution in [0.2, 0.25) is 0 Å². The van der Waals surface area contributed by atoms with E-state index in [0.717, 1.165) is 48.1 Å². The Hall–Kier alpha value is -1.92. The second kappa shape index (κ2) is 8.64. The van der Waals surface area contributed by atoms with Crippen LogP contribution in [0.15, 0.2) is 34.4 Å². The Morgan fingerprint density at radius 1 is 1.31 bits per heavy atom. The lowest BCUT2D eigenvalue weighted by atomic mass is 9.99. The number of carbonyl (C=O) groups is 1. The topological polar surface area (TPSA) is 54.3 Å². The zero-order chi connectivity index (χ0) is 18.5. The summed E-state index contributed by atoms with van der Waals surface area (Å²) in [5.41, 5.74) is 3.24. The SMILES string of the molecule is Cc1csc(=O)n1CC(=O)NCc1ccccc1CN1CCCC(C)C1. The van der Waals surface area contributed by atoms with Gasteiger partial charge < -0.3 is 5.32 Å². The lowest BCUT2D eigenvalue weighted by Gasteiger charge is -2.31. The molecule has 1 amide bonds. The Morgan fingerprint density at radius 3 is 2.77 bits per heavy atom. The smallest absolute Gasteiger partial charge is 0.307 e. The second-order valence-corrected chi connectivity index (χ2v) is 8.08. The van der Waals surface area contributed by atoms with Gasteiger partial charge >= 0.3 is 4.87 Å². The second-order valence-electron chi connectivity index (χ2n) is 7.26. The molecule has 0 spiro atoms. The number of thiazole rings is 1. The predicted octanol–water partition coefficient (Wildman–Crippen LogP) is 2.77. The third-order valence-electron chi connectivity index (χ3n) is 5.01. The lowest BCUT2D eigenvalue weighted by Crippen LogP contribution is -2.34. The first-order chi connectivity index (χ1) is 12.5. The first kappa shape index (κ1) is 18.9. The van der Waals surface area contributed by atoms with Gasteiger partial charge in [0.05, 0.1) is 0 Å². The largest absolute Gasteiger partial charge is 0.350 e. The molecule has 5 nitrogen and oxygen atoms in total. The van der Waals surface area contributed by atoms with Gasteiger partial charge in [0.2, 0.25) is 5.91 Å². The van der Waals surface area contributed by atoms with Crippen LogP contribution in [0.4, 0.5) is 0 Å². The minimum absolute atomic E-state index is 0.0833. The van der Waals surface area contributed by atoms with Gasteiger partial charge in [0, 0.05) is 30.7 Å². The van der Waals surface area contributed by atoms with Crippen LogP contribution >= 0.6 is 11.3 Å². The van der Waals surface area contributed by atoms with Crippen molar-refractivity contribution in [3.8, 4) is 0 Å². The highest BCUT2D eigenvalue weighted by molar-refractivity contribution is 7.07. The van der Waals surface area contributed by atoms with Crippen molar-refractivity contribution in [3.05, 3.63) is 56.1 Å². The van der Waals surface area contributed by atoms with Gasteiger partial charge in [-0.2, -0.15) is 0 Å². The highest BCUT2D eigenvalue weighted by Crippen LogP contribution is 2.19. The molecule has 1 N–H and O–H groups in total. The molecule has 140 valence electrons. The summed E-state index contributed by atoms with van der Waals surface area (Å²) in [4.78, 5) is 26.4. The van der Waals surface area contributed by atoms with Crippen LogP contribution in [0.5, 0.6) is 0 Å². The van der Waals surface area contributed by atoms with Crippen LogP contribution in [0.3, 0.4) is 0 Å². The van der Waals surface area contributed by atoms with Gasteiger partial charge in [0.1, 0.15) is 6.54 Å². The van der Waals surface area contributed by atoms with Gasteiger partial charge in [0.25, 0.3) is 0 Å². The van der Waals surface area contributed by atoms with Crippen LogP contribution in [-0.2, 0) is 24.4 Å². The first-order valence-corrected chi connectivity index (χ1v) is 10.1. The maximum absolute atomic E-state index is 12.3. The van der Waals surface area contributed by atoms with Gasteiger partial charge in [-0.25, -0.2) is 0 Å². The Labute approximate surface area is 158 Å². The number of rotatable bonds is 6. The summed E-state index contributed by atoms with van der Waals surface area (Å²) in [5, 5.41) is 4.75. The molecule has 0 radical (unpaired) electrons. The van der Waals surface area contributed by atoms with Crippen molar-refractivity contribution in [1.82, 2.24) is 14.8 Å². The van der Waals surface area contributed by atoms with Crippen molar-refractivity contribution >= 4 is 17.2 Å². The zero-order valence-corrected chi connectivity index (χ0v) is 16.3. The molecule has 0 bridgehead atoms. The van der Waals surface area contributed by atoms with Crippen molar-refractivity contribution in [3.63, 3.8) is 0 Å². The summed E-state index contributed by atoms with van der Waals surface area (Å²) in [6.07, 6.45) is 2.57.